The first-order valence-corrected chi connectivity index (χ1v) is 28.1. The van der Waals surface area contributed by atoms with Crippen molar-refractivity contribution in [3.8, 4) is 35.0 Å². The van der Waals surface area contributed by atoms with Crippen molar-refractivity contribution in [3.63, 3.8) is 0 Å². The lowest BCUT2D eigenvalue weighted by Gasteiger charge is -2.59. The summed E-state index contributed by atoms with van der Waals surface area (Å²) in [5.74, 6) is 7.10. The fourth-order valence-electron chi connectivity index (χ4n) is 15.6. The Hall–Kier alpha value is -4.28. The molecule has 6 aliphatic rings. The number of fused-ring (bicyclic) bond motifs is 5. The van der Waals surface area contributed by atoms with E-state index >= 15 is 4.79 Å². The van der Waals surface area contributed by atoms with Crippen LogP contribution in [0.1, 0.15) is 160 Å². The van der Waals surface area contributed by atoms with Crippen LogP contribution >= 0.6 is 0 Å². The van der Waals surface area contributed by atoms with Gasteiger partial charge in [-0.25, -0.2) is 0 Å². The number of guanidine groups is 1. The zero-order valence-electron chi connectivity index (χ0n) is 44.3. The molecule has 396 valence electrons. The number of nitrogens with zero attached hydrogens (tertiary/aromatic N) is 1. The second-order valence-corrected chi connectivity index (χ2v) is 22.9. The Morgan fingerprint density at radius 2 is 1.81 bits per heavy atom. The number of aromatic hydroxyl groups is 2. The van der Waals surface area contributed by atoms with Crippen LogP contribution in [0.3, 0.4) is 0 Å². The Morgan fingerprint density at radius 1 is 0.958 bits per heavy atom. The van der Waals surface area contributed by atoms with Gasteiger partial charge in [0.15, 0.2) is 35.1 Å². The molecule has 5 fully saturated rings. The molecule has 5 saturated carbocycles. The molecular weight excluding hydrogens is 905 g/mol. The number of methoxy groups -OCH3 is 1. The van der Waals surface area contributed by atoms with Gasteiger partial charge >= 0.3 is 0 Å². The van der Waals surface area contributed by atoms with Crippen molar-refractivity contribution in [1.82, 2.24) is 10.6 Å². The van der Waals surface area contributed by atoms with Gasteiger partial charge in [-0.3, -0.25) is 15.1 Å². The van der Waals surface area contributed by atoms with Crippen molar-refractivity contribution < 1.29 is 39.4 Å². The Balaban J connectivity index is 1.25. The summed E-state index contributed by atoms with van der Waals surface area (Å²) in [7, 11) is 5.21. The highest BCUT2D eigenvalue weighted by Gasteiger charge is 2.61. The summed E-state index contributed by atoms with van der Waals surface area (Å²) in [6.45, 7) is 5.80. The van der Waals surface area contributed by atoms with Gasteiger partial charge in [-0.2, -0.15) is 0 Å². The third-order valence-electron chi connectivity index (χ3n) is 18.9. The van der Waals surface area contributed by atoms with Gasteiger partial charge in [-0.15, -0.1) is 0 Å². The number of phenols is 2. The van der Waals surface area contributed by atoms with Gasteiger partial charge in [0.05, 0.1) is 12.8 Å². The molecule has 72 heavy (non-hydrogen) atoms. The van der Waals surface area contributed by atoms with Crippen LogP contribution in [0, 0.1) is 64.7 Å². The lowest BCUT2D eigenvalue weighted by atomic mass is 9.45. The summed E-state index contributed by atoms with van der Waals surface area (Å²) in [6, 6.07) is 12.9. The standard InChI is InChI=1S/C60H88N4O8/c1-6-8-9-10-31-71-55(68)34-42-25-28-58(37-42,39-61-3)72-53-36-44-35-50(56(53)69)64-57(62-4)63-29-13-16-43-15-11-26-59(43,38-41-20-23-51(66)52(33-41)70-5)54(67)24-22-49-47-32-40(7-2)19-21-45(47)46(17-14-30-65)48-18-12-27-60(44,48)49/h20,22-24,33,35-36,40,42-43,45-49,55,61,65-66,68-69H,6-12,14-19,21,25-28,30-32,34,37-39H2,1-5H3,(H2,62,63,64)/b24-22+/t40-,42-,43+,45-,46-,47+,48+,49+,55+,58+,59-,60-/m1/s1. The molecule has 2 aromatic carbocycles. The first kappa shape index (κ1) is 54.0. The van der Waals surface area contributed by atoms with Crippen LogP contribution in [0.15, 0.2) is 47.5 Å². The van der Waals surface area contributed by atoms with E-state index < -0.39 is 22.7 Å². The number of hydrogen-bond acceptors (Lipinski definition) is 10. The lowest BCUT2D eigenvalue weighted by Crippen LogP contribution is -2.55. The second-order valence-electron chi connectivity index (χ2n) is 22.9. The number of likely N-dealkylation sites (N-methyl/N-ethyl adjacent to an activating group) is 1. The number of aliphatic imine (C=N–C) groups is 1. The number of ketones is 1. The normalized spacial score (nSPS) is 33.6. The number of carbonyl (C=O) groups is 1. The van der Waals surface area contributed by atoms with Crippen molar-refractivity contribution in [2.45, 2.75) is 172 Å². The summed E-state index contributed by atoms with van der Waals surface area (Å²) in [6.07, 6.45) is 23.6. The van der Waals surface area contributed by atoms with E-state index in [-0.39, 0.29) is 47.6 Å². The highest BCUT2D eigenvalue weighted by atomic mass is 16.6. The van der Waals surface area contributed by atoms with Crippen molar-refractivity contribution in [2.24, 2.45) is 57.8 Å². The number of ether oxygens (including phenoxy) is 3. The highest BCUT2D eigenvalue weighted by Crippen LogP contribution is 2.67. The van der Waals surface area contributed by atoms with Crippen molar-refractivity contribution in [2.75, 3.05) is 46.3 Å². The largest absolute Gasteiger partial charge is 0.504 e. The van der Waals surface area contributed by atoms with Crippen molar-refractivity contribution in [3.05, 3.63) is 53.6 Å². The van der Waals surface area contributed by atoms with Crippen LogP contribution < -0.4 is 25.4 Å². The summed E-state index contributed by atoms with van der Waals surface area (Å²) in [4.78, 5) is 20.3. The van der Waals surface area contributed by atoms with Crippen LogP contribution in [-0.4, -0.2) is 85.0 Å². The number of hydrogen-bond donors (Lipinski definition) is 7. The Morgan fingerprint density at radius 3 is 2.58 bits per heavy atom. The topological polar surface area (TPSA) is 174 Å². The zero-order chi connectivity index (χ0) is 50.9. The minimum Gasteiger partial charge on any atom is -0.504 e. The van der Waals surface area contributed by atoms with Crippen LogP contribution in [0.5, 0.6) is 23.0 Å². The lowest BCUT2D eigenvalue weighted by molar-refractivity contribution is -0.125. The fourth-order valence-corrected chi connectivity index (χ4v) is 15.6. The first-order chi connectivity index (χ1) is 35.0. The minimum atomic E-state index is -0.834. The molecule has 12 nitrogen and oxygen atoms in total. The van der Waals surface area contributed by atoms with Crippen LogP contribution in [0.4, 0.5) is 5.69 Å². The molecule has 0 radical (unpaired) electrons. The summed E-state index contributed by atoms with van der Waals surface area (Å²) in [5, 5.41) is 54.7. The van der Waals surface area contributed by atoms with E-state index in [1.54, 1.807) is 20.2 Å². The molecule has 8 rings (SSSR count). The maximum atomic E-state index is 15.7. The molecule has 12 heteroatoms. The second kappa shape index (κ2) is 24.4. The predicted molar refractivity (Wildman–Crippen MR) is 285 cm³/mol. The maximum absolute atomic E-state index is 15.7. The number of carbonyl (C=O) groups excluding carboxylic acids is 1. The monoisotopic (exact) mass is 993 g/mol. The molecule has 2 aromatic rings. The van der Waals surface area contributed by atoms with Crippen molar-refractivity contribution in [1.29, 1.82) is 0 Å². The number of aliphatic hydroxyl groups is 2. The highest BCUT2D eigenvalue weighted by molar-refractivity contribution is 5.97. The predicted octanol–water partition coefficient (Wildman–Crippen LogP) is 10.6. The molecule has 1 spiro atoms. The van der Waals surface area contributed by atoms with E-state index in [4.69, 9.17) is 14.2 Å². The van der Waals surface area contributed by atoms with Gasteiger partial charge in [0.2, 0.25) is 5.96 Å². The smallest absolute Gasteiger partial charge is 0.207 e. The van der Waals surface area contributed by atoms with Crippen LogP contribution in [0.25, 0.3) is 0 Å². The molecule has 0 amide bonds. The molecule has 1 aliphatic heterocycles. The molecule has 0 unspecified atom stereocenters. The Labute approximate surface area is 431 Å². The number of allylic oxidation sites excluding steroid dienone is 2. The Kier molecular flexibility index (Phi) is 18.3. The molecule has 0 saturated heterocycles. The number of rotatable bonds is 19. The van der Waals surface area contributed by atoms with E-state index in [0.29, 0.717) is 85.7 Å². The molecule has 7 N–H and O–H groups in total. The van der Waals surface area contributed by atoms with E-state index in [0.717, 1.165) is 114 Å². The molecule has 0 aromatic heterocycles. The number of unbranched alkanes of at least 4 members (excludes halogenated alkanes) is 3. The molecule has 12 atom stereocenters. The minimum absolute atomic E-state index is 0.00359. The van der Waals surface area contributed by atoms with Gasteiger partial charge in [-0.1, -0.05) is 76.9 Å². The quantitative estimate of drug-likeness (QED) is 0.0309. The van der Waals surface area contributed by atoms with Gasteiger partial charge in [-0.05, 0) is 179 Å². The third kappa shape index (κ3) is 11.4. The summed E-state index contributed by atoms with van der Waals surface area (Å²) in [5.41, 5.74) is 0.798. The van der Waals surface area contributed by atoms with E-state index in [2.05, 4.69) is 65.0 Å². The number of aliphatic hydroxyl groups excluding tert-OH is 2. The number of benzene rings is 2. The molecule has 5 aliphatic carbocycles. The first-order valence-electron chi connectivity index (χ1n) is 28.1. The van der Waals surface area contributed by atoms with E-state index in [1.807, 2.05) is 25.3 Å². The SMILES string of the molecule is CCCCCCO[C@H](O)C[C@H]1CC[C@](CNC)(Oc2cc3cc(c2O)NC(=NC)NC#CC[C@@H]2CCC[C@]2(Cc2ccc(O)c(OC)c2)C(=O)/C=C/[C@H]2[C@H]4C[C@H](CC)CC[C@@H]4[C@@H](CCCO)[C@@H]4CCC[C@]324)C1. The van der Waals surface area contributed by atoms with Crippen LogP contribution in [0.2, 0.25) is 0 Å². The number of anilines is 1. The van der Waals surface area contributed by atoms with E-state index in [9.17, 15) is 20.4 Å². The summed E-state index contributed by atoms with van der Waals surface area (Å²) < 4.78 is 18.8. The fraction of sp³-hybridized carbons (Fsp3) is 0.700. The maximum Gasteiger partial charge on any atom is 0.207 e. The number of nitrogens with one attached hydrogen (secondary N) is 3. The third-order valence-corrected chi connectivity index (χ3v) is 18.9. The summed E-state index contributed by atoms with van der Waals surface area (Å²) >= 11 is 0. The van der Waals surface area contributed by atoms with Crippen LogP contribution in [-0.2, 0) is 21.4 Å². The molecular formula is C60H88N4O8. The molecule has 2 bridgehead atoms. The van der Waals surface area contributed by atoms with E-state index in [1.165, 1.54) is 12.8 Å². The number of phenolic OH excluding ortho intramolecular Hbond substituents is 2. The van der Waals surface area contributed by atoms with Gasteiger partial charge in [0.25, 0.3) is 0 Å². The van der Waals surface area contributed by atoms with Gasteiger partial charge in [0.1, 0.15) is 5.60 Å². The average Bonchev–Trinajstić information content (AvgIpc) is 4.12. The molecule has 1 heterocycles. The zero-order valence-corrected chi connectivity index (χ0v) is 44.3. The van der Waals surface area contributed by atoms with Gasteiger partial charge in [0, 0.05) is 56.5 Å². The average molecular weight is 993 g/mol. The van der Waals surface area contributed by atoms with Gasteiger partial charge < -0.3 is 45.3 Å². The Bertz CT molecular complexity index is 2270. The van der Waals surface area contributed by atoms with Crippen molar-refractivity contribution >= 4 is 17.4 Å².